The van der Waals surface area contributed by atoms with Gasteiger partial charge in [0.15, 0.2) is 0 Å². The monoisotopic (exact) mass is 524 g/mol. The van der Waals surface area contributed by atoms with Crippen molar-refractivity contribution in [3.05, 3.63) is 62.5 Å². The highest BCUT2D eigenvalue weighted by Gasteiger charge is 2.54. The number of amides is 3. The summed E-state index contributed by atoms with van der Waals surface area (Å²) in [5.74, 6) is -0.257. The van der Waals surface area contributed by atoms with Crippen molar-refractivity contribution in [1.82, 2.24) is 4.90 Å². The Morgan fingerprint density at radius 3 is 2.16 bits per heavy atom. The van der Waals surface area contributed by atoms with E-state index in [-0.39, 0.29) is 11.9 Å². The van der Waals surface area contributed by atoms with Crippen LogP contribution in [0.1, 0.15) is 51.5 Å². The van der Waals surface area contributed by atoms with E-state index in [0.717, 1.165) is 35.7 Å². The van der Waals surface area contributed by atoms with Crippen molar-refractivity contribution in [2.75, 3.05) is 11.4 Å². The number of nitrogens with zero attached hydrogens (tertiary/aromatic N) is 2. The Bertz CT molecular complexity index is 931. The fourth-order valence-corrected chi connectivity index (χ4v) is 4.84. The molecule has 0 N–H and O–H groups in total. The molecule has 3 amide bonds. The van der Waals surface area contributed by atoms with Crippen molar-refractivity contribution < 1.29 is 9.59 Å². The van der Waals surface area contributed by atoms with E-state index in [1.165, 1.54) is 11.3 Å². The second-order valence-electron chi connectivity index (χ2n) is 8.19. The summed E-state index contributed by atoms with van der Waals surface area (Å²) in [4.78, 5) is 30.0. The molecule has 0 aromatic heterocycles. The molecule has 1 atom stereocenters. The van der Waals surface area contributed by atoms with Gasteiger partial charge in [-0.2, -0.15) is 0 Å². The van der Waals surface area contributed by atoms with Crippen LogP contribution in [0.3, 0.4) is 0 Å². The van der Waals surface area contributed by atoms with Gasteiger partial charge in [0.05, 0.1) is 5.69 Å². The van der Waals surface area contributed by atoms with E-state index in [4.69, 9.17) is 23.2 Å². The highest BCUT2D eigenvalue weighted by Crippen LogP contribution is 2.37. The number of benzene rings is 2. The summed E-state index contributed by atoms with van der Waals surface area (Å²) in [6.45, 7) is 4.56. The van der Waals surface area contributed by atoms with Crippen molar-refractivity contribution >= 4 is 56.8 Å². The van der Waals surface area contributed by atoms with Gasteiger partial charge in [-0.1, -0.05) is 83.9 Å². The van der Waals surface area contributed by atoms with Crippen molar-refractivity contribution in [1.29, 1.82) is 0 Å². The van der Waals surface area contributed by atoms with E-state index in [9.17, 15) is 9.59 Å². The second kappa shape index (κ2) is 10.4. The lowest BCUT2D eigenvalue weighted by molar-refractivity contribution is -0.124. The molecular formula is C24H27BrCl2N2O2. The molecule has 0 aliphatic carbocycles. The predicted molar refractivity (Wildman–Crippen MR) is 131 cm³/mol. The van der Waals surface area contributed by atoms with E-state index in [2.05, 4.69) is 22.9 Å². The smallest absolute Gasteiger partial charge is 0.309 e. The first kappa shape index (κ1) is 24.1. The van der Waals surface area contributed by atoms with Gasteiger partial charge < -0.3 is 4.90 Å². The van der Waals surface area contributed by atoms with Crippen LogP contribution in [0.2, 0.25) is 10.0 Å². The zero-order valence-electron chi connectivity index (χ0n) is 17.8. The first-order chi connectivity index (χ1) is 14.8. The lowest BCUT2D eigenvalue weighted by Crippen LogP contribution is -2.49. The number of anilines is 1. The molecule has 1 saturated heterocycles. The maximum Gasteiger partial charge on any atom is 0.332 e. The van der Waals surface area contributed by atoms with Gasteiger partial charge in [-0.05, 0) is 49.2 Å². The number of hydrogen-bond donors (Lipinski definition) is 0. The van der Waals surface area contributed by atoms with Gasteiger partial charge in [0.25, 0.3) is 5.91 Å². The lowest BCUT2D eigenvalue weighted by Gasteiger charge is -2.32. The maximum atomic E-state index is 13.6. The third-order valence-corrected chi connectivity index (χ3v) is 6.70. The van der Waals surface area contributed by atoms with Crippen molar-refractivity contribution in [3.63, 3.8) is 0 Å². The lowest BCUT2D eigenvalue weighted by atomic mass is 9.91. The van der Waals surface area contributed by atoms with Crippen LogP contribution in [0.15, 0.2) is 46.9 Å². The van der Waals surface area contributed by atoms with Gasteiger partial charge in [-0.15, -0.1) is 0 Å². The highest BCUT2D eigenvalue weighted by atomic mass is 79.9. The Kier molecular flexibility index (Phi) is 8.06. The van der Waals surface area contributed by atoms with Crippen LogP contribution >= 0.6 is 39.1 Å². The Labute approximate surface area is 202 Å². The zero-order valence-corrected chi connectivity index (χ0v) is 20.9. The SMILES string of the molecule is CCCCCCCN1C(=O)N(c2cc(Cl)cc(Cl)c2)C(=O)[C@@]1(C)Cc1ccc(Br)cc1. The van der Waals surface area contributed by atoms with Crippen LogP contribution in [-0.2, 0) is 11.2 Å². The number of unbranched alkanes of at least 4 members (excludes halogenated alkanes) is 4. The number of hydrogen-bond acceptors (Lipinski definition) is 2. The average molecular weight is 526 g/mol. The molecule has 1 aliphatic heterocycles. The number of halogens is 3. The average Bonchev–Trinajstić information content (AvgIpc) is 2.89. The third kappa shape index (κ3) is 5.44. The maximum absolute atomic E-state index is 13.6. The molecule has 0 saturated carbocycles. The largest absolute Gasteiger partial charge is 0.332 e. The summed E-state index contributed by atoms with van der Waals surface area (Å²) in [6, 6.07) is 12.3. The molecular weight excluding hydrogens is 499 g/mol. The summed E-state index contributed by atoms with van der Waals surface area (Å²) in [7, 11) is 0. The standard InChI is InChI=1S/C24H27BrCl2N2O2/c1-3-4-5-6-7-12-28-23(31)29(21-14-19(26)13-20(27)15-21)22(30)24(28,2)16-17-8-10-18(25)11-9-17/h8-11,13-15H,3-7,12,16H2,1-2H3/t24-/m1/s1. The van der Waals surface area contributed by atoms with Gasteiger partial charge in [-0.3, -0.25) is 4.79 Å². The van der Waals surface area contributed by atoms with E-state index < -0.39 is 5.54 Å². The number of rotatable bonds is 9. The molecule has 31 heavy (non-hydrogen) atoms. The quantitative estimate of drug-likeness (QED) is 0.251. The molecule has 0 radical (unpaired) electrons. The predicted octanol–water partition coefficient (Wildman–Crippen LogP) is 7.50. The third-order valence-electron chi connectivity index (χ3n) is 5.73. The minimum Gasteiger partial charge on any atom is -0.309 e. The van der Waals surface area contributed by atoms with Gasteiger partial charge in [0.1, 0.15) is 5.54 Å². The molecule has 2 aromatic carbocycles. The summed E-state index contributed by atoms with van der Waals surface area (Å²) >= 11 is 15.8. The van der Waals surface area contributed by atoms with E-state index in [1.54, 1.807) is 23.1 Å². The Morgan fingerprint density at radius 2 is 1.55 bits per heavy atom. The van der Waals surface area contributed by atoms with Crippen LogP contribution in [-0.4, -0.2) is 28.9 Å². The molecule has 1 heterocycles. The van der Waals surface area contributed by atoms with E-state index in [0.29, 0.717) is 28.7 Å². The van der Waals surface area contributed by atoms with Gasteiger partial charge in [0.2, 0.25) is 0 Å². The number of imide groups is 1. The molecule has 0 unspecified atom stereocenters. The van der Waals surface area contributed by atoms with Crippen molar-refractivity contribution in [2.24, 2.45) is 0 Å². The molecule has 4 nitrogen and oxygen atoms in total. The van der Waals surface area contributed by atoms with Crippen LogP contribution in [0.25, 0.3) is 0 Å². The molecule has 2 aromatic rings. The summed E-state index contributed by atoms with van der Waals surface area (Å²) < 4.78 is 0.971. The fraction of sp³-hybridized carbons (Fsp3) is 0.417. The molecule has 1 aliphatic rings. The minimum absolute atomic E-state index is 0.257. The summed E-state index contributed by atoms with van der Waals surface area (Å²) in [5, 5.41) is 0.770. The van der Waals surface area contributed by atoms with Gasteiger partial charge in [-0.25, -0.2) is 9.69 Å². The van der Waals surface area contributed by atoms with Crippen molar-refractivity contribution in [3.8, 4) is 0 Å². The van der Waals surface area contributed by atoms with Gasteiger partial charge in [0, 0.05) is 27.5 Å². The number of carbonyl (C=O) groups excluding carboxylic acids is 2. The Balaban J connectivity index is 1.92. The molecule has 0 bridgehead atoms. The van der Waals surface area contributed by atoms with Crippen molar-refractivity contribution in [2.45, 2.75) is 57.9 Å². The molecule has 166 valence electrons. The van der Waals surface area contributed by atoms with Gasteiger partial charge >= 0.3 is 6.03 Å². The molecule has 3 rings (SSSR count). The van der Waals surface area contributed by atoms with E-state index in [1.807, 2.05) is 31.2 Å². The zero-order chi connectivity index (χ0) is 22.6. The number of urea groups is 1. The molecule has 1 fully saturated rings. The van der Waals surface area contributed by atoms with Crippen LogP contribution < -0.4 is 4.90 Å². The van der Waals surface area contributed by atoms with Crippen LogP contribution in [0.5, 0.6) is 0 Å². The summed E-state index contributed by atoms with van der Waals surface area (Å²) in [6.07, 6.45) is 5.79. The highest BCUT2D eigenvalue weighted by molar-refractivity contribution is 9.10. The first-order valence-corrected chi connectivity index (χ1v) is 12.2. The van der Waals surface area contributed by atoms with Crippen LogP contribution in [0.4, 0.5) is 10.5 Å². The molecule has 0 spiro atoms. The fourth-order valence-electron chi connectivity index (χ4n) is 4.06. The number of carbonyl (C=O) groups is 2. The second-order valence-corrected chi connectivity index (χ2v) is 9.98. The minimum atomic E-state index is -0.982. The van der Waals surface area contributed by atoms with E-state index >= 15 is 0 Å². The summed E-state index contributed by atoms with van der Waals surface area (Å²) in [5.41, 5.74) is 0.418. The van der Waals surface area contributed by atoms with Crippen LogP contribution in [0, 0.1) is 0 Å². The Morgan fingerprint density at radius 1 is 0.935 bits per heavy atom. The normalized spacial score (nSPS) is 18.9. The molecule has 7 heteroatoms. The Hall–Kier alpha value is -1.56. The topological polar surface area (TPSA) is 40.6 Å². The first-order valence-electron chi connectivity index (χ1n) is 10.6.